The van der Waals surface area contributed by atoms with Crippen LogP contribution in [0.25, 0.3) is 0 Å². The van der Waals surface area contributed by atoms with Gasteiger partial charge in [0.2, 0.25) is 0 Å². The van der Waals surface area contributed by atoms with E-state index in [0.29, 0.717) is 0 Å². The van der Waals surface area contributed by atoms with Crippen LogP contribution in [0.2, 0.25) is 0 Å². The smallest absolute Gasteiger partial charge is 0.261 e. The fourth-order valence-corrected chi connectivity index (χ4v) is 0.349. The van der Waals surface area contributed by atoms with Crippen LogP contribution in [0.4, 0.5) is 5.95 Å². The van der Waals surface area contributed by atoms with E-state index in [1.54, 1.807) is 0 Å². The molecule has 1 heterocycles. The Balaban J connectivity index is 3.04. The van der Waals surface area contributed by atoms with Crippen LogP contribution in [0.15, 0.2) is 0 Å². The van der Waals surface area contributed by atoms with Gasteiger partial charge in [0.05, 0.1) is 0 Å². The maximum absolute atomic E-state index is 5.02. The Hall–Kier alpha value is -0.780. The number of thiol groups is 1. The van der Waals surface area contributed by atoms with Crippen molar-refractivity contribution in [1.29, 1.82) is 0 Å². The summed E-state index contributed by atoms with van der Waals surface area (Å²) in [6.45, 7) is 0. The van der Waals surface area contributed by atoms with E-state index in [2.05, 4.69) is 28.2 Å². The number of aromatic nitrogens is 4. The Labute approximate surface area is 45.0 Å². The maximum Gasteiger partial charge on any atom is 0.261 e. The third-order valence-corrected chi connectivity index (χ3v) is 0.589. The van der Waals surface area contributed by atoms with E-state index >= 15 is 0 Å². The molecule has 0 aromatic carbocycles. The topological polar surface area (TPSA) is 69.6 Å². The van der Waals surface area contributed by atoms with Crippen molar-refractivity contribution >= 4 is 18.8 Å². The molecule has 0 unspecified atom stereocenters. The van der Waals surface area contributed by atoms with Gasteiger partial charge in [-0.15, -0.1) is 9.30 Å². The minimum atomic E-state index is 0.134. The molecular weight excluding hydrogens is 114 g/mol. The maximum atomic E-state index is 5.02. The van der Waals surface area contributed by atoms with Crippen molar-refractivity contribution in [3.8, 4) is 0 Å². The average Bonchev–Trinajstić information content (AvgIpc) is 1.87. The molecular formula is CH3N5S. The molecule has 0 radical (unpaired) electrons. The first-order valence-electron chi connectivity index (χ1n) is 1.54. The number of tetrazole rings is 1. The first-order valence-corrected chi connectivity index (χ1v) is 1.94. The number of nitrogens with zero attached hydrogens (tertiary/aromatic N) is 4. The van der Waals surface area contributed by atoms with Crippen LogP contribution in [0, 0.1) is 0 Å². The number of rotatable bonds is 0. The minimum absolute atomic E-state index is 0.134. The van der Waals surface area contributed by atoms with Crippen LogP contribution in [0.5, 0.6) is 0 Å². The summed E-state index contributed by atoms with van der Waals surface area (Å²) in [5, 5.41) is 10.1. The van der Waals surface area contributed by atoms with Gasteiger partial charge in [-0.1, -0.05) is 5.10 Å². The highest BCUT2D eigenvalue weighted by molar-refractivity contribution is 7.78. The molecule has 0 saturated carbocycles. The van der Waals surface area contributed by atoms with E-state index in [1.807, 2.05) is 0 Å². The van der Waals surface area contributed by atoms with E-state index in [0.717, 1.165) is 4.20 Å². The van der Waals surface area contributed by atoms with Crippen LogP contribution in [-0.4, -0.2) is 19.6 Å². The van der Waals surface area contributed by atoms with Crippen molar-refractivity contribution in [2.75, 3.05) is 5.73 Å². The average molecular weight is 117 g/mol. The van der Waals surface area contributed by atoms with Crippen LogP contribution in [-0.2, 0) is 0 Å². The molecule has 0 bridgehead atoms. The largest absolute Gasteiger partial charge is 0.365 e. The first kappa shape index (κ1) is 4.38. The Morgan fingerprint density at radius 2 is 2.43 bits per heavy atom. The van der Waals surface area contributed by atoms with Gasteiger partial charge in [0.15, 0.2) is 0 Å². The van der Waals surface area contributed by atoms with Gasteiger partial charge in [0.1, 0.15) is 0 Å². The first-order chi connectivity index (χ1) is 3.29. The Morgan fingerprint density at radius 1 is 1.71 bits per heavy atom. The van der Waals surface area contributed by atoms with Gasteiger partial charge in [0, 0.05) is 0 Å². The third-order valence-electron chi connectivity index (χ3n) is 0.419. The van der Waals surface area contributed by atoms with Crippen LogP contribution < -0.4 is 5.73 Å². The van der Waals surface area contributed by atoms with Gasteiger partial charge >= 0.3 is 0 Å². The molecule has 1 rings (SSSR count). The van der Waals surface area contributed by atoms with Crippen LogP contribution in [0.1, 0.15) is 0 Å². The molecule has 0 fully saturated rings. The molecule has 0 aliphatic rings. The predicted molar refractivity (Wildman–Crippen MR) is 26.6 cm³/mol. The molecule has 6 heteroatoms. The van der Waals surface area contributed by atoms with E-state index in [1.165, 1.54) is 0 Å². The monoisotopic (exact) mass is 117 g/mol. The van der Waals surface area contributed by atoms with Gasteiger partial charge in [0.25, 0.3) is 5.95 Å². The quantitative estimate of drug-likeness (QED) is 0.425. The molecule has 0 aliphatic heterocycles. The SMILES string of the molecule is Nc1nnn(S)n1. The summed E-state index contributed by atoms with van der Waals surface area (Å²) in [4.78, 5) is 0. The Morgan fingerprint density at radius 3 is 2.57 bits per heavy atom. The van der Waals surface area contributed by atoms with Gasteiger partial charge in [-0.25, -0.2) is 0 Å². The van der Waals surface area contributed by atoms with Crippen LogP contribution >= 0.6 is 12.8 Å². The summed E-state index contributed by atoms with van der Waals surface area (Å²) in [6.07, 6.45) is 0. The number of hydrogen-bond acceptors (Lipinski definition) is 5. The molecule has 38 valence electrons. The second-order valence-electron chi connectivity index (χ2n) is 0.916. The summed E-state index contributed by atoms with van der Waals surface area (Å²) in [6, 6.07) is 0. The molecule has 5 nitrogen and oxygen atoms in total. The molecule has 0 amide bonds. The highest BCUT2D eigenvalue weighted by atomic mass is 32.1. The highest BCUT2D eigenvalue weighted by Gasteiger charge is 1.87. The van der Waals surface area contributed by atoms with Crippen molar-refractivity contribution in [3.05, 3.63) is 0 Å². The van der Waals surface area contributed by atoms with E-state index in [4.69, 9.17) is 5.73 Å². The zero-order valence-electron chi connectivity index (χ0n) is 3.31. The van der Waals surface area contributed by atoms with Gasteiger partial charge in [-0.05, 0) is 18.0 Å². The van der Waals surface area contributed by atoms with E-state index in [-0.39, 0.29) is 5.95 Å². The lowest BCUT2D eigenvalue weighted by molar-refractivity contribution is 0.825. The van der Waals surface area contributed by atoms with Gasteiger partial charge in [-0.2, -0.15) is 0 Å². The number of nitrogens with two attached hydrogens (primary N) is 1. The highest BCUT2D eigenvalue weighted by Crippen LogP contribution is 1.82. The van der Waals surface area contributed by atoms with Gasteiger partial charge in [-0.3, -0.25) is 0 Å². The molecule has 1 aromatic rings. The molecule has 7 heavy (non-hydrogen) atoms. The molecule has 0 atom stereocenters. The van der Waals surface area contributed by atoms with E-state index in [9.17, 15) is 0 Å². The predicted octanol–water partition coefficient (Wildman–Crippen LogP) is -1.05. The lowest BCUT2D eigenvalue weighted by Gasteiger charge is -1.71. The van der Waals surface area contributed by atoms with Crippen molar-refractivity contribution in [2.24, 2.45) is 0 Å². The second-order valence-corrected chi connectivity index (χ2v) is 1.27. The zero-order chi connectivity index (χ0) is 5.28. The Kier molecular flexibility index (Phi) is 0.861. The number of hydrogen-bond donors (Lipinski definition) is 2. The summed E-state index contributed by atoms with van der Waals surface area (Å²) in [5.41, 5.74) is 5.02. The van der Waals surface area contributed by atoms with Crippen LogP contribution in [0.3, 0.4) is 0 Å². The van der Waals surface area contributed by atoms with Crippen molar-refractivity contribution in [3.63, 3.8) is 0 Å². The van der Waals surface area contributed by atoms with Crippen molar-refractivity contribution in [1.82, 2.24) is 19.6 Å². The molecule has 1 aromatic heterocycles. The normalized spacial score (nSPS) is 9.29. The number of anilines is 1. The fourth-order valence-electron chi connectivity index (χ4n) is 0.217. The molecule has 0 saturated heterocycles. The summed E-state index contributed by atoms with van der Waals surface area (Å²) >= 11 is 3.66. The summed E-state index contributed by atoms with van der Waals surface area (Å²) in [5.74, 6) is 0.134. The lowest BCUT2D eigenvalue weighted by Crippen LogP contribution is -1.87. The van der Waals surface area contributed by atoms with E-state index < -0.39 is 0 Å². The zero-order valence-corrected chi connectivity index (χ0v) is 4.21. The van der Waals surface area contributed by atoms with Crippen molar-refractivity contribution < 1.29 is 0 Å². The Bertz CT molecular complexity index is 140. The fraction of sp³-hybridized carbons (Fsp3) is 0. The minimum Gasteiger partial charge on any atom is -0.365 e. The molecule has 0 spiro atoms. The second kappa shape index (κ2) is 1.38. The number of nitrogen functional groups attached to an aromatic ring is 1. The summed E-state index contributed by atoms with van der Waals surface area (Å²) in [7, 11) is 0. The van der Waals surface area contributed by atoms with Crippen molar-refractivity contribution in [2.45, 2.75) is 0 Å². The lowest BCUT2D eigenvalue weighted by atomic mass is 11.2. The summed E-state index contributed by atoms with van der Waals surface area (Å²) < 4.78 is 0.995. The molecule has 2 N–H and O–H groups in total. The van der Waals surface area contributed by atoms with Gasteiger partial charge < -0.3 is 5.73 Å². The molecule has 0 aliphatic carbocycles. The third kappa shape index (κ3) is 0.801. The standard InChI is InChI=1S/CH3N5S/c2-1-3-5-6(7)4-1/h7H,(H2,2,4).